The molecule has 2 aromatic carbocycles. The molecule has 4 rings (SSSR count). The van der Waals surface area contributed by atoms with Crippen molar-refractivity contribution in [2.45, 2.75) is 12.3 Å². The van der Waals surface area contributed by atoms with E-state index in [9.17, 15) is 12.8 Å². The number of hydrogen-bond donors (Lipinski definition) is 0. The van der Waals surface area contributed by atoms with Crippen LogP contribution < -0.4 is 4.31 Å². The maximum atomic E-state index is 14.6. The van der Waals surface area contributed by atoms with Crippen molar-refractivity contribution >= 4 is 38.6 Å². The second kappa shape index (κ2) is 6.10. The van der Waals surface area contributed by atoms with Gasteiger partial charge in [-0.05, 0) is 23.3 Å². The maximum Gasteiger partial charge on any atom is 0.239 e. The SMILES string of the molecule is O=S1(=O)Cc2ccccc2N1Cc1ccc(-c2cnn(I)c2)cc1F. The van der Waals surface area contributed by atoms with Gasteiger partial charge in [-0.1, -0.05) is 30.3 Å². The first-order valence-electron chi connectivity index (χ1n) is 7.52. The molecule has 0 N–H and O–H groups in total. The van der Waals surface area contributed by atoms with Gasteiger partial charge in [-0.15, -0.1) is 0 Å². The van der Waals surface area contributed by atoms with Gasteiger partial charge in [0.2, 0.25) is 10.0 Å². The average Bonchev–Trinajstić information content (AvgIpc) is 3.10. The largest absolute Gasteiger partial charge is 0.265 e. The van der Waals surface area contributed by atoms with Gasteiger partial charge in [0.15, 0.2) is 0 Å². The zero-order valence-corrected chi connectivity index (χ0v) is 15.9. The van der Waals surface area contributed by atoms with Gasteiger partial charge in [0.1, 0.15) is 5.82 Å². The van der Waals surface area contributed by atoms with Crippen LogP contribution >= 0.6 is 22.9 Å². The van der Waals surface area contributed by atoms with Crippen molar-refractivity contribution in [2.75, 3.05) is 4.31 Å². The van der Waals surface area contributed by atoms with Crippen LogP contribution in [-0.4, -0.2) is 16.4 Å². The minimum atomic E-state index is -3.47. The number of fused-ring (bicyclic) bond motifs is 1. The second-order valence-electron chi connectivity index (χ2n) is 5.82. The molecule has 3 aromatic rings. The number of halogens is 2. The molecule has 0 radical (unpaired) electrons. The second-order valence-corrected chi connectivity index (χ2v) is 8.70. The first kappa shape index (κ1) is 16.5. The fraction of sp³-hybridized carbons (Fsp3) is 0.118. The van der Waals surface area contributed by atoms with E-state index in [4.69, 9.17) is 0 Å². The summed E-state index contributed by atoms with van der Waals surface area (Å²) in [6, 6.07) is 12.0. The van der Waals surface area contributed by atoms with E-state index in [1.165, 1.54) is 10.4 Å². The first-order chi connectivity index (χ1) is 11.9. The lowest BCUT2D eigenvalue weighted by Crippen LogP contribution is -2.26. The highest BCUT2D eigenvalue weighted by atomic mass is 127. The molecule has 0 unspecified atom stereocenters. The minimum Gasteiger partial charge on any atom is -0.265 e. The molecular weight excluding hydrogens is 456 g/mol. The molecule has 0 saturated carbocycles. The molecule has 0 amide bonds. The van der Waals surface area contributed by atoms with Gasteiger partial charge in [0.25, 0.3) is 0 Å². The summed E-state index contributed by atoms with van der Waals surface area (Å²) < 4.78 is 42.3. The summed E-state index contributed by atoms with van der Waals surface area (Å²) in [5.74, 6) is -0.476. The van der Waals surface area contributed by atoms with Crippen molar-refractivity contribution < 1.29 is 12.8 Å². The summed E-state index contributed by atoms with van der Waals surface area (Å²) >= 11 is 2.02. The Labute approximate surface area is 158 Å². The molecule has 8 heteroatoms. The Kier molecular flexibility index (Phi) is 4.03. The third-order valence-electron chi connectivity index (χ3n) is 4.19. The monoisotopic (exact) mass is 469 g/mol. The molecule has 1 aliphatic rings. The highest BCUT2D eigenvalue weighted by Crippen LogP contribution is 2.35. The lowest BCUT2D eigenvalue weighted by Gasteiger charge is -2.19. The maximum absolute atomic E-state index is 14.6. The normalized spacial score (nSPS) is 15.4. The van der Waals surface area contributed by atoms with Crippen molar-refractivity contribution in [1.82, 2.24) is 7.99 Å². The average molecular weight is 469 g/mol. The van der Waals surface area contributed by atoms with Crippen molar-refractivity contribution in [3.8, 4) is 11.1 Å². The van der Waals surface area contributed by atoms with Gasteiger partial charge < -0.3 is 0 Å². The number of nitrogens with zero attached hydrogens (tertiary/aromatic N) is 3. The third-order valence-corrected chi connectivity index (χ3v) is 6.39. The van der Waals surface area contributed by atoms with Crippen molar-refractivity contribution in [3.05, 3.63) is 71.8 Å². The molecule has 0 aliphatic carbocycles. The summed E-state index contributed by atoms with van der Waals surface area (Å²) in [7, 11) is -3.47. The molecule has 5 nitrogen and oxygen atoms in total. The molecule has 0 atom stereocenters. The molecule has 0 spiro atoms. The Hall–Kier alpha value is -1.94. The predicted molar refractivity (Wildman–Crippen MR) is 102 cm³/mol. The van der Waals surface area contributed by atoms with Crippen LogP contribution in [0.5, 0.6) is 0 Å². The summed E-state index contributed by atoms with van der Waals surface area (Å²) in [5.41, 5.74) is 3.21. The molecule has 128 valence electrons. The fourth-order valence-electron chi connectivity index (χ4n) is 2.94. The molecule has 1 aromatic heterocycles. The number of aromatic nitrogens is 2. The quantitative estimate of drug-likeness (QED) is 0.550. The van der Waals surface area contributed by atoms with E-state index in [0.717, 1.165) is 11.1 Å². The minimum absolute atomic E-state index is 0.0169. The Morgan fingerprint density at radius 3 is 2.68 bits per heavy atom. The van der Waals surface area contributed by atoms with E-state index in [0.29, 0.717) is 16.8 Å². The number of rotatable bonds is 3. The van der Waals surface area contributed by atoms with Crippen LogP contribution in [0.4, 0.5) is 10.1 Å². The zero-order chi connectivity index (χ0) is 17.6. The first-order valence-corrected chi connectivity index (χ1v) is 10.1. The highest BCUT2D eigenvalue weighted by Gasteiger charge is 2.33. The fourth-order valence-corrected chi connectivity index (χ4v) is 4.97. The van der Waals surface area contributed by atoms with Crippen molar-refractivity contribution in [2.24, 2.45) is 0 Å². The lowest BCUT2D eigenvalue weighted by molar-refractivity contribution is 0.588. The number of para-hydroxylation sites is 1. The number of benzene rings is 2. The van der Waals surface area contributed by atoms with Crippen molar-refractivity contribution in [3.63, 3.8) is 0 Å². The van der Waals surface area contributed by atoms with E-state index < -0.39 is 15.8 Å². The van der Waals surface area contributed by atoms with Crippen LogP contribution in [0.15, 0.2) is 54.9 Å². The van der Waals surface area contributed by atoms with Gasteiger partial charge in [0, 0.05) is 17.3 Å². The lowest BCUT2D eigenvalue weighted by atomic mass is 10.1. The standard InChI is InChI=1S/C17H13FIN3O2S/c18-16-7-12(15-8-20-22(19)10-15)5-6-13(16)9-21-17-4-2-1-3-14(17)11-25(21,23)24/h1-8,10H,9,11H2. The van der Waals surface area contributed by atoms with E-state index >= 15 is 0 Å². The smallest absolute Gasteiger partial charge is 0.239 e. The van der Waals surface area contributed by atoms with Crippen LogP contribution in [-0.2, 0) is 22.3 Å². The summed E-state index contributed by atoms with van der Waals surface area (Å²) in [4.78, 5) is 0. The number of anilines is 1. The molecular formula is C17H13FIN3O2S. The third kappa shape index (κ3) is 3.04. The topological polar surface area (TPSA) is 55.2 Å². The Morgan fingerprint density at radius 2 is 1.96 bits per heavy atom. The van der Waals surface area contributed by atoms with Gasteiger partial charge >= 0.3 is 0 Å². The van der Waals surface area contributed by atoms with Gasteiger partial charge in [-0.25, -0.2) is 15.7 Å². The van der Waals surface area contributed by atoms with E-state index in [-0.39, 0.29) is 12.3 Å². The van der Waals surface area contributed by atoms with Crippen LogP contribution in [0.1, 0.15) is 11.1 Å². The van der Waals surface area contributed by atoms with Gasteiger partial charge in [-0.2, -0.15) is 5.10 Å². The Balaban J connectivity index is 1.67. The number of hydrogen-bond acceptors (Lipinski definition) is 3. The molecule has 0 saturated heterocycles. The van der Waals surface area contributed by atoms with Gasteiger partial charge in [0.05, 0.1) is 47.0 Å². The molecule has 1 aliphatic heterocycles. The Bertz CT molecular complexity index is 1070. The molecule has 0 bridgehead atoms. The number of sulfonamides is 1. The summed E-state index contributed by atoms with van der Waals surface area (Å²) in [5, 5.41) is 4.07. The molecule has 0 fully saturated rings. The molecule has 25 heavy (non-hydrogen) atoms. The summed E-state index contributed by atoms with van der Waals surface area (Å²) in [6.07, 6.45) is 3.44. The summed E-state index contributed by atoms with van der Waals surface area (Å²) in [6.45, 7) is -0.0169. The van der Waals surface area contributed by atoms with E-state index in [1.54, 1.807) is 51.7 Å². The van der Waals surface area contributed by atoms with Crippen LogP contribution in [0.25, 0.3) is 11.1 Å². The van der Waals surface area contributed by atoms with E-state index in [2.05, 4.69) is 5.10 Å². The highest BCUT2D eigenvalue weighted by molar-refractivity contribution is 14.1. The van der Waals surface area contributed by atoms with Crippen molar-refractivity contribution in [1.29, 1.82) is 0 Å². The molecule has 2 heterocycles. The van der Waals surface area contributed by atoms with E-state index in [1.807, 2.05) is 22.9 Å². The van der Waals surface area contributed by atoms with Gasteiger partial charge in [-0.3, -0.25) is 4.31 Å². The Morgan fingerprint density at radius 1 is 1.16 bits per heavy atom. The van der Waals surface area contributed by atoms with Crippen LogP contribution in [0.3, 0.4) is 0 Å². The van der Waals surface area contributed by atoms with Crippen LogP contribution in [0.2, 0.25) is 0 Å². The van der Waals surface area contributed by atoms with Crippen LogP contribution in [0, 0.1) is 5.82 Å². The predicted octanol–water partition coefficient (Wildman–Crippen LogP) is 3.74. The zero-order valence-electron chi connectivity index (χ0n) is 12.9.